The molecule has 1 heterocycles. The van der Waals surface area contributed by atoms with Gasteiger partial charge in [-0.05, 0) is 39.3 Å². The highest BCUT2D eigenvalue weighted by Gasteiger charge is 2.24. The molecular weight excluding hydrogens is 306 g/mol. The summed E-state index contributed by atoms with van der Waals surface area (Å²) in [5, 5.41) is 17.8. The Labute approximate surface area is 121 Å². The van der Waals surface area contributed by atoms with Crippen molar-refractivity contribution in [1.82, 2.24) is 14.8 Å². The van der Waals surface area contributed by atoms with Gasteiger partial charge in [-0.2, -0.15) is 0 Å². The highest BCUT2D eigenvalue weighted by atomic mass is 79.9. The second kappa shape index (κ2) is 5.06. The summed E-state index contributed by atoms with van der Waals surface area (Å²) in [5.74, 6) is 1.37. The van der Waals surface area contributed by atoms with Crippen LogP contribution in [-0.2, 0) is 12.1 Å². The van der Waals surface area contributed by atoms with Crippen LogP contribution in [0.2, 0.25) is 0 Å². The van der Waals surface area contributed by atoms with Crippen LogP contribution in [0.5, 0.6) is 0 Å². The van der Waals surface area contributed by atoms with E-state index in [-0.39, 0.29) is 12.1 Å². The normalized spacial score (nSPS) is 11.9. The van der Waals surface area contributed by atoms with Gasteiger partial charge in [0.1, 0.15) is 6.61 Å². The van der Waals surface area contributed by atoms with Crippen LogP contribution < -0.4 is 0 Å². The molecule has 0 unspecified atom stereocenters. The fraction of sp³-hybridized carbons (Fsp3) is 0.429. The summed E-state index contributed by atoms with van der Waals surface area (Å²) in [5.41, 5.74) is 1.95. The van der Waals surface area contributed by atoms with E-state index >= 15 is 0 Å². The van der Waals surface area contributed by atoms with Crippen LogP contribution in [0.4, 0.5) is 0 Å². The first kappa shape index (κ1) is 14.2. The number of nitrogens with zero attached hydrogens (tertiary/aromatic N) is 3. The van der Waals surface area contributed by atoms with Crippen molar-refractivity contribution in [2.45, 2.75) is 39.8 Å². The monoisotopic (exact) mass is 323 g/mol. The number of aliphatic hydroxyl groups excluding tert-OH is 1. The third-order valence-electron chi connectivity index (χ3n) is 3.05. The van der Waals surface area contributed by atoms with Gasteiger partial charge in [0, 0.05) is 15.6 Å². The smallest absolute Gasteiger partial charge is 0.164 e. The molecule has 0 amide bonds. The zero-order chi connectivity index (χ0) is 14.2. The first-order valence-corrected chi connectivity index (χ1v) is 6.96. The number of halogens is 1. The van der Waals surface area contributed by atoms with E-state index in [9.17, 15) is 5.11 Å². The average Bonchev–Trinajstić information content (AvgIpc) is 2.76. The lowest BCUT2D eigenvalue weighted by Crippen LogP contribution is -2.25. The number of aromatic nitrogens is 3. The molecule has 0 radical (unpaired) electrons. The summed E-state index contributed by atoms with van der Waals surface area (Å²) in [6, 6.07) is 6.00. The maximum absolute atomic E-state index is 9.43. The SMILES string of the molecule is Cc1c(Br)cccc1-c1nnc(CO)n1C(C)(C)C. The molecule has 0 bridgehead atoms. The van der Waals surface area contributed by atoms with Gasteiger partial charge < -0.3 is 9.67 Å². The second-order valence-electron chi connectivity index (χ2n) is 5.52. The highest BCUT2D eigenvalue weighted by Crippen LogP contribution is 2.31. The summed E-state index contributed by atoms with van der Waals surface area (Å²) in [6.07, 6.45) is 0. The lowest BCUT2D eigenvalue weighted by Gasteiger charge is -2.25. The largest absolute Gasteiger partial charge is 0.388 e. The third kappa shape index (κ3) is 2.58. The van der Waals surface area contributed by atoms with Gasteiger partial charge in [-0.25, -0.2) is 0 Å². The molecule has 1 N–H and O–H groups in total. The molecular formula is C14H18BrN3O. The molecule has 0 fully saturated rings. The Balaban J connectivity index is 2.70. The van der Waals surface area contributed by atoms with Crippen molar-refractivity contribution in [1.29, 1.82) is 0 Å². The number of aliphatic hydroxyl groups is 1. The quantitative estimate of drug-likeness (QED) is 0.922. The molecule has 19 heavy (non-hydrogen) atoms. The first-order valence-electron chi connectivity index (χ1n) is 6.17. The number of benzene rings is 1. The lowest BCUT2D eigenvalue weighted by molar-refractivity contribution is 0.250. The van der Waals surface area contributed by atoms with Crippen molar-refractivity contribution in [2.75, 3.05) is 0 Å². The fourth-order valence-corrected chi connectivity index (χ4v) is 2.51. The molecule has 2 rings (SSSR count). The Morgan fingerprint density at radius 3 is 2.53 bits per heavy atom. The summed E-state index contributed by atoms with van der Waals surface area (Å²) in [4.78, 5) is 0. The van der Waals surface area contributed by atoms with Crippen molar-refractivity contribution < 1.29 is 5.11 Å². The van der Waals surface area contributed by atoms with Crippen molar-refractivity contribution in [2.24, 2.45) is 0 Å². The molecule has 0 saturated heterocycles. The van der Waals surface area contributed by atoms with E-state index in [0.29, 0.717) is 5.82 Å². The van der Waals surface area contributed by atoms with E-state index in [1.54, 1.807) is 0 Å². The van der Waals surface area contributed by atoms with Crippen LogP contribution in [-0.4, -0.2) is 19.9 Å². The Kier molecular flexibility index (Phi) is 3.78. The Morgan fingerprint density at radius 2 is 1.95 bits per heavy atom. The zero-order valence-electron chi connectivity index (χ0n) is 11.6. The molecule has 2 aromatic rings. The first-order chi connectivity index (χ1) is 8.86. The van der Waals surface area contributed by atoms with E-state index in [4.69, 9.17) is 0 Å². The van der Waals surface area contributed by atoms with Gasteiger partial charge in [0.05, 0.1) is 0 Å². The third-order valence-corrected chi connectivity index (χ3v) is 3.91. The topological polar surface area (TPSA) is 50.9 Å². The van der Waals surface area contributed by atoms with Gasteiger partial charge in [0.15, 0.2) is 11.6 Å². The molecule has 0 aliphatic heterocycles. The molecule has 5 heteroatoms. The van der Waals surface area contributed by atoms with Crippen LogP contribution in [0, 0.1) is 6.92 Å². The van der Waals surface area contributed by atoms with E-state index in [2.05, 4.69) is 46.9 Å². The number of rotatable bonds is 2. The molecule has 0 aliphatic carbocycles. The van der Waals surface area contributed by atoms with Gasteiger partial charge in [-0.15, -0.1) is 10.2 Å². The standard InChI is InChI=1S/C14H18BrN3O/c1-9-10(6-5-7-11(9)15)13-17-16-12(8-19)18(13)14(2,3)4/h5-7,19H,8H2,1-4H3. The van der Waals surface area contributed by atoms with E-state index in [1.165, 1.54) is 0 Å². The Morgan fingerprint density at radius 1 is 1.26 bits per heavy atom. The highest BCUT2D eigenvalue weighted by molar-refractivity contribution is 9.10. The molecule has 0 saturated carbocycles. The summed E-state index contributed by atoms with van der Waals surface area (Å²) < 4.78 is 3.03. The van der Waals surface area contributed by atoms with Crippen LogP contribution in [0.1, 0.15) is 32.2 Å². The summed E-state index contributed by atoms with van der Waals surface area (Å²) in [7, 11) is 0. The van der Waals surface area contributed by atoms with Crippen LogP contribution in [0.25, 0.3) is 11.4 Å². The summed E-state index contributed by atoms with van der Waals surface area (Å²) >= 11 is 3.54. The average molecular weight is 324 g/mol. The maximum atomic E-state index is 9.43. The lowest BCUT2D eigenvalue weighted by atomic mass is 10.0. The van der Waals surface area contributed by atoms with Gasteiger partial charge >= 0.3 is 0 Å². The minimum atomic E-state index is -0.189. The van der Waals surface area contributed by atoms with E-state index in [1.807, 2.05) is 29.7 Å². The van der Waals surface area contributed by atoms with Gasteiger partial charge in [0.25, 0.3) is 0 Å². The Hall–Kier alpha value is -1.20. The minimum Gasteiger partial charge on any atom is -0.388 e. The fourth-order valence-electron chi connectivity index (χ4n) is 2.15. The van der Waals surface area contributed by atoms with Crippen molar-refractivity contribution in [3.63, 3.8) is 0 Å². The molecule has 0 aliphatic rings. The zero-order valence-corrected chi connectivity index (χ0v) is 13.2. The molecule has 1 aromatic heterocycles. The van der Waals surface area contributed by atoms with Crippen LogP contribution in [0.3, 0.4) is 0 Å². The van der Waals surface area contributed by atoms with E-state index in [0.717, 1.165) is 21.4 Å². The molecule has 1 aromatic carbocycles. The minimum absolute atomic E-state index is 0.114. The number of hydrogen-bond donors (Lipinski definition) is 1. The van der Waals surface area contributed by atoms with Gasteiger partial charge in [-0.3, -0.25) is 0 Å². The molecule has 0 atom stereocenters. The summed E-state index contributed by atoms with van der Waals surface area (Å²) in [6.45, 7) is 8.15. The molecule has 102 valence electrons. The van der Waals surface area contributed by atoms with Crippen LogP contribution in [0.15, 0.2) is 22.7 Å². The van der Waals surface area contributed by atoms with E-state index < -0.39 is 0 Å². The van der Waals surface area contributed by atoms with Crippen LogP contribution >= 0.6 is 15.9 Å². The van der Waals surface area contributed by atoms with Crippen molar-refractivity contribution >= 4 is 15.9 Å². The maximum Gasteiger partial charge on any atom is 0.164 e. The Bertz CT molecular complexity index is 599. The predicted molar refractivity (Wildman–Crippen MR) is 78.8 cm³/mol. The molecule has 4 nitrogen and oxygen atoms in total. The molecule has 0 spiro atoms. The second-order valence-corrected chi connectivity index (χ2v) is 6.37. The van der Waals surface area contributed by atoms with Crippen molar-refractivity contribution in [3.05, 3.63) is 34.1 Å². The predicted octanol–water partition coefficient (Wildman–Crippen LogP) is 3.26. The van der Waals surface area contributed by atoms with Gasteiger partial charge in [0.2, 0.25) is 0 Å². The van der Waals surface area contributed by atoms with Gasteiger partial charge in [-0.1, -0.05) is 28.1 Å². The van der Waals surface area contributed by atoms with Crippen molar-refractivity contribution in [3.8, 4) is 11.4 Å². The number of hydrogen-bond acceptors (Lipinski definition) is 3.